The summed E-state index contributed by atoms with van der Waals surface area (Å²) in [4.78, 5) is 20.0. The molecule has 0 saturated heterocycles. The molecule has 0 saturated carbocycles. The van der Waals surface area contributed by atoms with Crippen LogP contribution in [-0.4, -0.2) is 67.8 Å². The largest absolute Gasteiger partial charge is 0.396 e. The zero-order valence-corrected chi connectivity index (χ0v) is 11.9. The van der Waals surface area contributed by atoms with E-state index in [9.17, 15) is 20.2 Å². The normalized spacial score (nSPS) is 26.2. The number of aliphatic hydroxyl groups excluding tert-OH is 4. The first-order valence-electron chi connectivity index (χ1n) is 6.48. The van der Waals surface area contributed by atoms with Crippen LogP contribution in [0.3, 0.4) is 0 Å². The summed E-state index contributed by atoms with van der Waals surface area (Å²) in [7, 11) is 0. The minimum atomic E-state index is -2.33. The van der Waals surface area contributed by atoms with E-state index in [-0.39, 0.29) is 13.2 Å². The van der Waals surface area contributed by atoms with Gasteiger partial charge in [-0.2, -0.15) is 0 Å². The summed E-state index contributed by atoms with van der Waals surface area (Å²) < 4.78 is 0. The Morgan fingerprint density at radius 1 is 0.773 bits per heavy atom. The van der Waals surface area contributed by atoms with E-state index in [1.165, 1.54) is 12.2 Å². The highest BCUT2D eigenvalue weighted by molar-refractivity contribution is 5.29. The zero-order chi connectivity index (χ0) is 17.2. The number of unbranched alkanes of at least 4 members (excludes halogenated alkanes) is 1. The number of nitro groups is 2. The van der Waals surface area contributed by atoms with Crippen LogP contribution in [0.1, 0.15) is 12.8 Å². The molecule has 10 heteroatoms. The predicted octanol–water partition coefficient (Wildman–Crippen LogP) is -1.12. The molecule has 22 heavy (non-hydrogen) atoms. The van der Waals surface area contributed by atoms with Gasteiger partial charge in [-0.1, -0.05) is 12.2 Å². The van der Waals surface area contributed by atoms with Crippen LogP contribution in [0.15, 0.2) is 24.3 Å². The van der Waals surface area contributed by atoms with E-state index in [1.54, 1.807) is 0 Å². The standard InChI is InChI=1S/C8H10N2O6.C4H10O2/c11-5-7(9(13)14)3-1-2-4-8(7,6-12)10(15)16;5-3-1-2-4-6/h1-4,11-12H,5-6H2;5-6H,1-4H2. The van der Waals surface area contributed by atoms with Gasteiger partial charge in [-0.25, -0.2) is 0 Å². The quantitative estimate of drug-likeness (QED) is 0.260. The number of hydrogen-bond donors (Lipinski definition) is 4. The predicted molar refractivity (Wildman–Crippen MR) is 75.3 cm³/mol. The van der Waals surface area contributed by atoms with E-state index in [2.05, 4.69) is 0 Å². The first-order valence-corrected chi connectivity index (χ1v) is 6.48. The van der Waals surface area contributed by atoms with Gasteiger partial charge in [0.2, 0.25) is 0 Å². The van der Waals surface area contributed by atoms with Gasteiger partial charge in [0.1, 0.15) is 13.2 Å². The Balaban J connectivity index is 0.000000626. The van der Waals surface area contributed by atoms with Crippen molar-refractivity contribution < 1.29 is 30.3 Å². The van der Waals surface area contributed by atoms with Crippen LogP contribution in [0.5, 0.6) is 0 Å². The molecule has 2 unspecified atom stereocenters. The van der Waals surface area contributed by atoms with Crippen LogP contribution in [0.25, 0.3) is 0 Å². The molecule has 4 N–H and O–H groups in total. The number of aliphatic hydroxyl groups is 4. The SMILES string of the molecule is O=[N+]([O-])C1(CO)C=CC=CC1(CO)[N+](=O)[O-].OCCCCO. The Labute approximate surface area is 126 Å². The second kappa shape index (κ2) is 9.20. The lowest BCUT2D eigenvalue weighted by molar-refractivity contribution is -0.669. The fraction of sp³-hybridized carbons (Fsp3) is 0.667. The molecule has 0 aromatic carbocycles. The molecule has 0 aliphatic heterocycles. The Kier molecular flexibility index (Phi) is 8.42. The topological polar surface area (TPSA) is 167 Å². The van der Waals surface area contributed by atoms with E-state index in [0.717, 1.165) is 25.0 Å². The summed E-state index contributed by atoms with van der Waals surface area (Å²) in [6.45, 7) is -1.74. The van der Waals surface area contributed by atoms with Gasteiger partial charge in [0.05, 0.1) is 0 Å². The molecule has 0 radical (unpaired) electrons. The Morgan fingerprint density at radius 2 is 1.09 bits per heavy atom. The molecule has 10 nitrogen and oxygen atoms in total. The molecule has 0 bridgehead atoms. The van der Waals surface area contributed by atoms with Gasteiger partial charge in [-0.3, -0.25) is 20.2 Å². The highest BCUT2D eigenvalue weighted by Gasteiger charge is 2.68. The average Bonchev–Trinajstić information content (AvgIpc) is 2.52. The van der Waals surface area contributed by atoms with Crippen molar-refractivity contribution in [2.24, 2.45) is 0 Å². The summed E-state index contributed by atoms with van der Waals surface area (Å²) in [5.74, 6) is 0. The molecule has 0 amide bonds. The molecule has 1 aliphatic carbocycles. The molecule has 0 heterocycles. The molecule has 0 spiro atoms. The van der Waals surface area contributed by atoms with Gasteiger partial charge in [0.25, 0.3) is 0 Å². The maximum absolute atomic E-state index is 10.9. The van der Waals surface area contributed by atoms with Crippen LogP contribution in [0, 0.1) is 20.2 Å². The first kappa shape index (κ1) is 20.1. The van der Waals surface area contributed by atoms with Crippen molar-refractivity contribution in [3.05, 3.63) is 44.5 Å². The number of rotatable bonds is 7. The second-order valence-electron chi connectivity index (χ2n) is 4.55. The fourth-order valence-corrected chi connectivity index (χ4v) is 1.87. The van der Waals surface area contributed by atoms with Crippen molar-refractivity contribution in [2.75, 3.05) is 26.4 Å². The van der Waals surface area contributed by atoms with Gasteiger partial charge in [0, 0.05) is 35.2 Å². The van der Waals surface area contributed by atoms with Crippen molar-refractivity contribution in [1.82, 2.24) is 0 Å². The molecule has 126 valence electrons. The number of hydrogen-bond acceptors (Lipinski definition) is 8. The van der Waals surface area contributed by atoms with Crippen LogP contribution in [0.4, 0.5) is 0 Å². The second-order valence-corrected chi connectivity index (χ2v) is 4.55. The first-order chi connectivity index (χ1) is 10.4. The maximum Gasteiger partial charge on any atom is 0.337 e. The van der Waals surface area contributed by atoms with Gasteiger partial charge in [-0.05, 0) is 12.8 Å². The minimum absolute atomic E-state index is 0.195. The smallest absolute Gasteiger partial charge is 0.337 e. The van der Waals surface area contributed by atoms with Crippen molar-refractivity contribution in [2.45, 2.75) is 23.9 Å². The molecule has 1 rings (SSSR count). The van der Waals surface area contributed by atoms with Crippen molar-refractivity contribution in [3.8, 4) is 0 Å². The third-order valence-corrected chi connectivity index (χ3v) is 3.30. The molecule has 0 fully saturated rings. The molecule has 0 aromatic heterocycles. The molecule has 0 aromatic rings. The van der Waals surface area contributed by atoms with E-state index in [0.29, 0.717) is 0 Å². The lowest BCUT2D eigenvalue weighted by atomic mass is 9.75. The molecule has 1 aliphatic rings. The average molecular weight is 320 g/mol. The van der Waals surface area contributed by atoms with Crippen LogP contribution in [0.2, 0.25) is 0 Å². The number of allylic oxidation sites excluding steroid dienone is 2. The van der Waals surface area contributed by atoms with E-state index >= 15 is 0 Å². The summed E-state index contributed by atoms with van der Waals surface area (Å²) in [5, 5.41) is 56.2. The van der Waals surface area contributed by atoms with E-state index in [4.69, 9.17) is 20.4 Å². The molecular formula is C12H20N2O8. The summed E-state index contributed by atoms with van der Waals surface area (Å²) in [5.41, 5.74) is -4.67. The Hall–Kier alpha value is -1.88. The maximum atomic E-state index is 10.9. The van der Waals surface area contributed by atoms with Gasteiger partial charge < -0.3 is 20.4 Å². The summed E-state index contributed by atoms with van der Waals surface area (Å²) in [6, 6.07) is 0. The van der Waals surface area contributed by atoms with E-state index in [1.807, 2.05) is 0 Å². The van der Waals surface area contributed by atoms with Crippen LogP contribution >= 0.6 is 0 Å². The van der Waals surface area contributed by atoms with Crippen molar-refractivity contribution >= 4 is 0 Å². The highest BCUT2D eigenvalue weighted by atomic mass is 16.7. The monoisotopic (exact) mass is 320 g/mol. The fourth-order valence-electron chi connectivity index (χ4n) is 1.87. The van der Waals surface area contributed by atoms with E-state index < -0.39 is 34.1 Å². The third-order valence-electron chi connectivity index (χ3n) is 3.30. The van der Waals surface area contributed by atoms with Gasteiger partial charge in [0.15, 0.2) is 0 Å². The molecule has 2 atom stereocenters. The number of nitrogens with zero attached hydrogens (tertiary/aromatic N) is 2. The van der Waals surface area contributed by atoms with Crippen molar-refractivity contribution in [1.29, 1.82) is 0 Å². The van der Waals surface area contributed by atoms with Crippen molar-refractivity contribution in [3.63, 3.8) is 0 Å². The lowest BCUT2D eigenvalue weighted by Gasteiger charge is -2.32. The lowest BCUT2D eigenvalue weighted by Crippen LogP contribution is -2.66. The van der Waals surface area contributed by atoms with Gasteiger partial charge in [-0.15, -0.1) is 0 Å². The molecular weight excluding hydrogens is 300 g/mol. The van der Waals surface area contributed by atoms with Gasteiger partial charge >= 0.3 is 11.1 Å². The minimum Gasteiger partial charge on any atom is -0.396 e. The summed E-state index contributed by atoms with van der Waals surface area (Å²) in [6.07, 6.45) is 5.75. The highest BCUT2D eigenvalue weighted by Crippen LogP contribution is 2.34. The Morgan fingerprint density at radius 3 is 1.27 bits per heavy atom. The van der Waals surface area contributed by atoms with Crippen LogP contribution < -0.4 is 0 Å². The Bertz CT molecular complexity index is 399. The zero-order valence-electron chi connectivity index (χ0n) is 11.9. The summed E-state index contributed by atoms with van der Waals surface area (Å²) >= 11 is 0. The van der Waals surface area contributed by atoms with Crippen LogP contribution in [-0.2, 0) is 0 Å². The third kappa shape index (κ3) is 3.85.